The molecule has 0 aliphatic heterocycles. The van der Waals surface area contributed by atoms with Crippen molar-refractivity contribution in [3.8, 4) is 0 Å². The first-order chi connectivity index (χ1) is 9.54. The molecular weight excluding hydrogens is 264 g/mol. The predicted molar refractivity (Wildman–Crippen MR) is 89.2 cm³/mol. The van der Waals surface area contributed by atoms with Gasteiger partial charge in [0.25, 0.3) is 0 Å². The summed E-state index contributed by atoms with van der Waals surface area (Å²) in [4.78, 5) is 4.02. The fraction of sp³-hybridized carbons (Fsp3) is 0.765. The van der Waals surface area contributed by atoms with Crippen molar-refractivity contribution in [2.24, 2.45) is 17.1 Å². The van der Waals surface area contributed by atoms with Gasteiger partial charge >= 0.3 is 0 Å². The van der Waals surface area contributed by atoms with E-state index in [0.29, 0.717) is 11.5 Å². The van der Waals surface area contributed by atoms with Crippen LogP contribution in [0, 0.1) is 11.3 Å². The molecule has 2 nitrogen and oxygen atoms in total. The Balaban J connectivity index is 1.89. The van der Waals surface area contributed by atoms with Crippen molar-refractivity contribution in [3.63, 3.8) is 0 Å². The highest BCUT2D eigenvalue weighted by Crippen LogP contribution is 2.38. The zero-order valence-corrected chi connectivity index (χ0v) is 14.1. The summed E-state index contributed by atoms with van der Waals surface area (Å²) in [7, 11) is 2.27. The molecule has 1 aliphatic rings. The summed E-state index contributed by atoms with van der Waals surface area (Å²) in [6.45, 7) is 6.72. The first-order valence-corrected chi connectivity index (χ1v) is 8.85. The number of nitrogens with two attached hydrogens (primary N) is 1. The molecule has 20 heavy (non-hydrogen) atoms. The molecule has 1 aromatic rings. The van der Waals surface area contributed by atoms with Crippen LogP contribution in [-0.2, 0) is 6.42 Å². The summed E-state index contributed by atoms with van der Waals surface area (Å²) in [6.07, 6.45) is 6.47. The molecule has 1 fully saturated rings. The highest BCUT2D eigenvalue weighted by molar-refractivity contribution is 7.09. The van der Waals surface area contributed by atoms with Gasteiger partial charge in [-0.2, -0.15) is 0 Å². The Labute approximate surface area is 128 Å². The Morgan fingerprint density at radius 3 is 2.70 bits per heavy atom. The van der Waals surface area contributed by atoms with Crippen LogP contribution in [0.1, 0.15) is 44.4 Å². The lowest BCUT2D eigenvalue weighted by Crippen LogP contribution is -2.46. The second kappa shape index (κ2) is 7.06. The van der Waals surface area contributed by atoms with Gasteiger partial charge < -0.3 is 10.6 Å². The number of thiophene rings is 1. The fourth-order valence-electron chi connectivity index (χ4n) is 3.36. The highest BCUT2D eigenvalue weighted by Gasteiger charge is 2.34. The normalized spacial score (nSPS) is 28.8. The largest absolute Gasteiger partial charge is 0.330 e. The maximum Gasteiger partial charge on any atom is 0.0112 e. The Morgan fingerprint density at radius 2 is 2.15 bits per heavy atom. The molecule has 0 radical (unpaired) electrons. The molecule has 2 rings (SSSR count). The van der Waals surface area contributed by atoms with E-state index < -0.39 is 0 Å². The Hall–Kier alpha value is -0.380. The van der Waals surface area contributed by atoms with Crippen LogP contribution in [0.25, 0.3) is 0 Å². The number of nitrogens with zero attached hydrogens (tertiary/aromatic N) is 1. The van der Waals surface area contributed by atoms with Gasteiger partial charge in [0.15, 0.2) is 0 Å². The molecule has 0 bridgehead atoms. The molecule has 1 unspecified atom stereocenters. The molecule has 0 spiro atoms. The average molecular weight is 295 g/mol. The van der Waals surface area contributed by atoms with Crippen molar-refractivity contribution < 1.29 is 0 Å². The number of rotatable bonds is 6. The van der Waals surface area contributed by atoms with Crippen LogP contribution in [0.4, 0.5) is 0 Å². The van der Waals surface area contributed by atoms with Crippen LogP contribution in [0.5, 0.6) is 0 Å². The minimum atomic E-state index is 0.366. The lowest BCUT2D eigenvalue weighted by Gasteiger charge is -2.42. The summed E-state index contributed by atoms with van der Waals surface area (Å²) in [5, 5.41) is 2.17. The molecule has 0 saturated heterocycles. The van der Waals surface area contributed by atoms with Crippen molar-refractivity contribution in [1.82, 2.24) is 4.90 Å². The van der Waals surface area contributed by atoms with Crippen molar-refractivity contribution in [1.29, 1.82) is 0 Å². The van der Waals surface area contributed by atoms with E-state index in [1.165, 1.54) is 30.6 Å². The molecule has 0 aromatic carbocycles. The van der Waals surface area contributed by atoms with Crippen molar-refractivity contribution >= 4 is 11.3 Å². The van der Waals surface area contributed by atoms with E-state index in [1.54, 1.807) is 0 Å². The number of hydrogen-bond donors (Lipinski definition) is 1. The molecule has 0 amide bonds. The summed E-state index contributed by atoms with van der Waals surface area (Å²) >= 11 is 1.87. The SMILES string of the molecule is CC1CCC(CN)(CN(C)C(C)Cc2cccs2)CC1. The molecule has 2 N–H and O–H groups in total. The van der Waals surface area contributed by atoms with Gasteiger partial charge in [0.2, 0.25) is 0 Å². The van der Waals surface area contributed by atoms with Crippen molar-refractivity contribution in [3.05, 3.63) is 22.4 Å². The summed E-state index contributed by atoms with van der Waals surface area (Å²) in [6, 6.07) is 4.99. The summed E-state index contributed by atoms with van der Waals surface area (Å²) < 4.78 is 0. The topological polar surface area (TPSA) is 29.3 Å². The van der Waals surface area contributed by atoms with Crippen LogP contribution < -0.4 is 5.73 Å². The van der Waals surface area contributed by atoms with Crippen molar-refractivity contribution in [2.75, 3.05) is 20.1 Å². The third-order valence-corrected chi connectivity index (χ3v) is 6.08. The van der Waals surface area contributed by atoms with Gasteiger partial charge in [-0.05, 0) is 62.6 Å². The third kappa shape index (κ3) is 4.06. The van der Waals surface area contributed by atoms with E-state index in [1.807, 2.05) is 11.3 Å². The van der Waals surface area contributed by atoms with Gasteiger partial charge in [-0.15, -0.1) is 11.3 Å². The van der Waals surface area contributed by atoms with Gasteiger partial charge in [0.1, 0.15) is 0 Å². The molecule has 1 saturated carbocycles. The second-order valence-corrected chi connectivity index (χ2v) is 7.97. The Bertz CT molecular complexity index is 380. The molecular formula is C17H30N2S. The van der Waals surface area contributed by atoms with Crippen LogP contribution in [0.2, 0.25) is 0 Å². The molecule has 1 aliphatic carbocycles. The van der Waals surface area contributed by atoms with Gasteiger partial charge in [-0.25, -0.2) is 0 Å². The first-order valence-electron chi connectivity index (χ1n) is 7.97. The van der Waals surface area contributed by atoms with Crippen LogP contribution >= 0.6 is 11.3 Å². The molecule has 1 heterocycles. The average Bonchev–Trinajstić information content (AvgIpc) is 2.94. The van der Waals surface area contributed by atoms with Crippen LogP contribution in [0.15, 0.2) is 17.5 Å². The van der Waals surface area contributed by atoms with Crippen molar-refractivity contribution in [2.45, 2.75) is 52.0 Å². The smallest absolute Gasteiger partial charge is 0.0112 e. The Kier molecular flexibility index (Phi) is 5.65. The predicted octanol–water partition coefficient (Wildman–Crippen LogP) is 3.77. The van der Waals surface area contributed by atoms with E-state index in [2.05, 4.69) is 43.3 Å². The van der Waals surface area contributed by atoms with Gasteiger partial charge in [-0.1, -0.05) is 25.8 Å². The standard InChI is InChI=1S/C17H30N2S/c1-14-6-8-17(12-18,9-7-14)13-19(3)15(2)11-16-5-4-10-20-16/h4-5,10,14-15H,6-9,11-13,18H2,1-3H3. The van der Waals surface area contributed by atoms with E-state index in [0.717, 1.165) is 25.4 Å². The molecule has 1 aromatic heterocycles. The van der Waals surface area contributed by atoms with Gasteiger partial charge in [-0.3, -0.25) is 0 Å². The minimum Gasteiger partial charge on any atom is -0.330 e. The maximum absolute atomic E-state index is 6.14. The van der Waals surface area contributed by atoms with Gasteiger partial charge in [0.05, 0.1) is 0 Å². The zero-order chi connectivity index (χ0) is 14.6. The summed E-state index contributed by atoms with van der Waals surface area (Å²) in [5.74, 6) is 0.892. The maximum atomic E-state index is 6.14. The highest BCUT2D eigenvalue weighted by atomic mass is 32.1. The fourth-order valence-corrected chi connectivity index (χ4v) is 4.19. The lowest BCUT2D eigenvalue weighted by molar-refractivity contribution is 0.0903. The lowest BCUT2D eigenvalue weighted by atomic mass is 9.70. The van der Waals surface area contributed by atoms with Crippen LogP contribution in [-0.4, -0.2) is 31.1 Å². The zero-order valence-electron chi connectivity index (χ0n) is 13.3. The Morgan fingerprint density at radius 1 is 1.45 bits per heavy atom. The first kappa shape index (κ1) is 16.0. The van der Waals surface area contributed by atoms with E-state index in [4.69, 9.17) is 5.73 Å². The molecule has 114 valence electrons. The number of hydrogen-bond acceptors (Lipinski definition) is 3. The minimum absolute atomic E-state index is 0.366. The summed E-state index contributed by atoms with van der Waals surface area (Å²) in [5.41, 5.74) is 6.51. The van der Waals surface area contributed by atoms with Crippen LogP contribution in [0.3, 0.4) is 0 Å². The van der Waals surface area contributed by atoms with E-state index in [-0.39, 0.29) is 0 Å². The monoisotopic (exact) mass is 294 g/mol. The molecule has 3 heteroatoms. The van der Waals surface area contributed by atoms with E-state index >= 15 is 0 Å². The third-order valence-electron chi connectivity index (χ3n) is 5.18. The van der Waals surface area contributed by atoms with E-state index in [9.17, 15) is 0 Å². The second-order valence-electron chi connectivity index (χ2n) is 6.93. The quantitative estimate of drug-likeness (QED) is 0.865. The number of likely N-dealkylation sites (N-methyl/N-ethyl adjacent to an activating group) is 1. The van der Waals surface area contributed by atoms with Gasteiger partial charge in [0, 0.05) is 17.5 Å². The molecule has 1 atom stereocenters.